The highest BCUT2D eigenvalue weighted by Gasteiger charge is 2.08. The molecule has 0 saturated carbocycles. The van der Waals surface area contributed by atoms with E-state index in [1.807, 2.05) is 0 Å². The predicted molar refractivity (Wildman–Crippen MR) is 66.2 cm³/mol. The van der Waals surface area contributed by atoms with E-state index in [1.165, 1.54) is 44.2 Å². The fourth-order valence-electron chi connectivity index (χ4n) is 1.57. The van der Waals surface area contributed by atoms with Crippen LogP contribution in [0.2, 0.25) is 0 Å². The lowest BCUT2D eigenvalue weighted by molar-refractivity contribution is 0.737. The van der Waals surface area contributed by atoms with Gasteiger partial charge in [-0.3, -0.25) is 0 Å². The minimum atomic E-state index is 0.388. The standard InChI is InChI=1S/C12H27P/c1-5-7-9-13(10-8-6-2)11-12(3)4/h12H,5-11H2,1-4H3. The lowest BCUT2D eigenvalue weighted by Crippen LogP contribution is -2.01. The Morgan fingerprint density at radius 2 is 1.38 bits per heavy atom. The summed E-state index contributed by atoms with van der Waals surface area (Å²) in [6, 6.07) is 0. The molecule has 0 radical (unpaired) electrons. The first-order chi connectivity index (χ1) is 6.20. The Bertz CT molecular complexity index is 91.3. The smallest absolute Gasteiger partial charge is 0.0303 e. The fraction of sp³-hybridized carbons (Fsp3) is 1.00. The average molecular weight is 202 g/mol. The van der Waals surface area contributed by atoms with Crippen molar-refractivity contribution in [3.63, 3.8) is 0 Å². The summed E-state index contributed by atoms with van der Waals surface area (Å²) in [6.45, 7) is 9.35. The molecule has 1 heteroatoms. The van der Waals surface area contributed by atoms with Crippen molar-refractivity contribution in [2.45, 2.75) is 53.4 Å². The van der Waals surface area contributed by atoms with Crippen molar-refractivity contribution in [2.75, 3.05) is 18.5 Å². The van der Waals surface area contributed by atoms with Crippen molar-refractivity contribution >= 4 is 7.92 Å². The third-order valence-corrected chi connectivity index (χ3v) is 5.42. The monoisotopic (exact) mass is 202 g/mol. The van der Waals surface area contributed by atoms with Gasteiger partial charge in [-0.1, -0.05) is 40.5 Å². The van der Waals surface area contributed by atoms with E-state index in [-0.39, 0.29) is 0 Å². The normalized spacial score (nSPS) is 11.5. The van der Waals surface area contributed by atoms with Gasteiger partial charge in [0.05, 0.1) is 0 Å². The summed E-state index contributed by atoms with van der Waals surface area (Å²) < 4.78 is 0. The molecular weight excluding hydrogens is 175 g/mol. The lowest BCUT2D eigenvalue weighted by atomic mass is 10.3. The van der Waals surface area contributed by atoms with Crippen LogP contribution in [-0.4, -0.2) is 18.5 Å². The maximum atomic E-state index is 2.37. The van der Waals surface area contributed by atoms with Gasteiger partial charge in [-0.15, -0.1) is 7.92 Å². The first kappa shape index (κ1) is 13.4. The van der Waals surface area contributed by atoms with Gasteiger partial charge >= 0.3 is 0 Å². The highest BCUT2D eigenvalue weighted by molar-refractivity contribution is 7.57. The van der Waals surface area contributed by atoms with Crippen LogP contribution >= 0.6 is 7.92 Å². The highest BCUT2D eigenvalue weighted by atomic mass is 31.1. The summed E-state index contributed by atoms with van der Waals surface area (Å²) in [5, 5.41) is 0. The Morgan fingerprint density at radius 3 is 1.69 bits per heavy atom. The van der Waals surface area contributed by atoms with E-state index in [1.54, 1.807) is 0 Å². The summed E-state index contributed by atoms with van der Waals surface area (Å²) in [4.78, 5) is 0. The fourth-order valence-corrected chi connectivity index (χ4v) is 4.72. The van der Waals surface area contributed by atoms with E-state index in [9.17, 15) is 0 Å². The molecule has 0 amide bonds. The Kier molecular flexibility index (Phi) is 9.30. The summed E-state index contributed by atoms with van der Waals surface area (Å²) in [6.07, 6.45) is 10.2. The largest absolute Gasteiger partial charge is 0.106 e. The zero-order valence-electron chi connectivity index (χ0n) is 9.97. The van der Waals surface area contributed by atoms with Gasteiger partial charge in [-0.2, -0.15) is 0 Å². The second kappa shape index (κ2) is 9.00. The van der Waals surface area contributed by atoms with Gasteiger partial charge in [-0.05, 0) is 37.2 Å². The minimum absolute atomic E-state index is 0.388. The molecule has 0 heterocycles. The maximum Gasteiger partial charge on any atom is -0.0303 e. The van der Waals surface area contributed by atoms with Crippen molar-refractivity contribution in [1.29, 1.82) is 0 Å². The van der Waals surface area contributed by atoms with Gasteiger partial charge in [0.15, 0.2) is 0 Å². The van der Waals surface area contributed by atoms with Gasteiger partial charge in [0.1, 0.15) is 0 Å². The third kappa shape index (κ3) is 8.75. The molecule has 0 spiro atoms. The van der Waals surface area contributed by atoms with Crippen LogP contribution in [0.1, 0.15) is 53.4 Å². The number of hydrogen-bond acceptors (Lipinski definition) is 0. The molecule has 0 aromatic carbocycles. The Hall–Kier alpha value is 0.430. The average Bonchev–Trinajstić information content (AvgIpc) is 2.09. The Balaban J connectivity index is 3.60. The molecule has 0 aliphatic heterocycles. The van der Waals surface area contributed by atoms with Crippen LogP contribution in [0.25, 0.3) is 0 Å². The molecule has 0 aromatic rings. The second-order valence-electron chi connectivity index (χ2n) is 4.40. The number of rotatable bonds is 8. The summed E-state index contributed by atoms with van der Waals surface area (Å²) >= 11 is 0. The van der Waals surface area contributed by atoms with Crippen LogP contribution in [0.5, 0.6) is 0 Å². The topological polar surface area (TPSA) is 0 Å². The van der Waals surface area contributed by atoms with E-state index >= 15 is 0 Å². The molecule has 0 rings (SSSR count). The molecule has 13 heavy (non-hydrogen) atoms. The SMILES string of the molecule is CCCCP(CCCC)CC(C)C. The van der Waals surface area contributed by atoms with Gasteiger partial charge in [0, 0.05) is 0 Å². The van der Waals surface area contributed by atoms with E-state index < -0.39 is 0 Å². The van der Waals surface area contributed by atoms with Gasteiger partial charge in [0.25, 0.3) is 0 Å². The second-order valence-corrected chi connectivity index (χ2v) is 7.00. The van der Waals surface area contributed by atoms with Crippen LogP contribution in [0.15, 0.2) is 0 Å². The Labute approximate surface area is 86.3 Å². The quantitative estimate of drug-likeness (QED) is 0.499. The Morgan fingerprint density at radius 1 is 0.923 bits per heavy atom. The zero-order chi connectivity index (χ0) is 10.1. The molecule has 0 saturated heterocycles. The van der Waals surface area contributed by atoms with Crippen LogP contribution in [0.4, 0.5) is 0 Å². The molecule has 0 nitrogen and oxygen atoms in total. The van der Waals surface area contributed by atoms with E-state index in [0.717, 1.165) is 5.92 Å². The first-order valence-corrected chi connectivity index (χ1v) is 7.82. The van der Waals surface area contributed by atoms with Crippen LogP contribution in [0.3, 0.4) is 0 Å². The molecule has 0 bridgehead atoms. The summed E-state index contributed by atoms with van der Waals surface area (Å²) in [5.41, 5.74) is 0. The van der Waals surface area contributed by atoms with Crippen molar-refractivity contribution in [3.8, 4) is 0 Å². The molecular formula is C12H27P. The molecule has 0 aliphatic carbocycles. The zero-order valence-corrected chi connectivity index (χ0v) is 10.9. The lowest BCUT2D eigenvalue weighted by Gasteiger charge is -2.19. The van der Waals surface area contributed by atoms with Crippen molar-refractivity contribution < 1.29 is 0 Å². The molecule has 80 valence electrons. The van der Waals surface area contributed by atoms with Crippen LogP contribution in [0, 0.1) is 5.92 Å². The minimum Gasteiger partial charge on any atom is -0.106 e. The molecule has 0 atom stereocenters. The van der Waals surface area contributed by atoms with Crippen LogP contribution in [-0.2, 0) is 0 Å². The number of unbranched alkanes of at least 4 members (excludes halogenated alkanes) is 2. The number of hydrogen-bond donors (Lipinski definition) is 0. The molecule has 0 fully saturated rings. The van der Waals surface area contributed by atoms with Crippen molar-refractivity contribution in [1.82, 2.24) is 0 Å². The van der Waals surface area contributed by atoms with Crippen molar-refractivity contribution in [2.24, 2.45) is 5.92 Å². The predicted octanol–water partition coefficient (Wildman–Crippen LogP) is 4.72. The van der Waals surface area contributed by atoms with Crippen LogP contribution < -0.4 is 0 Å². The third-order valence-electron chi connectivity index (χ3n) is 2.28. The van der Waals surface area contributed by atoms with E-state index in [0.29, 0.717) is 7.92 Å². The van der Waals surface area contributed by atoms with Gasteiger partial charge in [-0.25, -0.2) is 0 Å². The van der Waals surface area contributed by atoms with Gasteiger partial charge in [0.2, 0.25) is 0 Å². The van der Waals surface area contributed by atoms with E-state index in [2.05, 4.69) is 27.7 Å². The van der Waals surface area contributed by atoms with Gasteiger partial charge < -0.3 is 0 Å². The molecule has 0 aliphatic rings. The van der Waals surface area contributed by atoms with Crippen molar-refractivity contribution in [3.05, 3.63) is 0 Å². The summed E-state index contributed by atoms with van der Waals surface area (Å²) in [5.74, 6) is 0.917. The summed E-state index contributed by atoms with van der Waals surface area (Å²) in [7, 11) is 0.388. The first-order valence-electron chi connectivity index (χ1n) is 5.93. The maximum absolute atomic E-state index is 2.37. The molecule has 0 unspecified atom stereocenters. The van der Waals surface area contributed by atoms with E-state index in [4.69, 9.17) is 0 Å². The highest BCUT2D eigenvalue weighted by Crippen LogP contribution is 2.39. The molecule has 0 aromatic heterocycles. The molecule has 0 N–H and O–H groups in total.